The SMILES string of the molecule is CC(C)[C@H](N)C(=O)Nc1ccc(Cl)c(CS(C)=O)c1. The van der Waals surface area contributed by atoms with Crippen LogP contribution in [0.1, 0.15) is 19.4 Å². The van der Waals surface area contributed by atoms with Crippen LogP contribution in [0.15, 0.2) is 18.2 Å². The van der Waals surface area contributed by atoms with E-state index >= 15 is 0 Å². The van der Waals surface area contributed by atoms with Gasteiger partial charge in [0.05, 0.1) is 6.04 Å². The molecule has 1 amide bonds. The molecule has 1 aromatic carbocycles. The van der Waals surface area contributed by atoms with Crippen molar-refractivity contribution >= 4 is 34.0 Å². The van der Waals surface area contributed by atoms with Crippen LogP contribution in [0.25, 0.3) is 0 Å². The minimum atomic E-state index is -0.986. The zero-order chi connectivity index (χ0) is 14.6. The molecule has 0 aromatic heterocycles. The van der Waals surface area contributed by atoms with Gasteiger partial charge in [-0.15, -0.1) is 0 Å². The van der Waals surface area contributed by atoms with E-state index in [-0.39, 0.29) is 11.8 Å². The Morgan fingerprint density at radius 3 is 2.63 bits per heavy atom. The van der Waals surface area contributed by atoms with Crippen molar-refractivity contribution in [1.29, 1.82) is 0 Å². The molecular formula is C13H19ClN2O2S. The molecule has 3 N–H and O–H groups in total. The van der Waals surface area contributed by atoms with E-state index in [9.17, 15) is 9.00 Å². The molecule has 2 atom stereocenters. The Kier molecular flexibility index (Phi) is 5.97. The van der Waals surface area contributed by atoms with E-state index in [1.165, 1.54) is 0 Å². The molecule has 4 nitrogen and oxygen atoms in total. The van der Waals surface area contributed by atoms with E-state index in [0.717, 1.165) is 5.56 Å². The number of benzene rings is 1. The van der Waals surface area contributed by atoms with Crippen molar-refractivity contribution in [2.24, 2.45) is 11.7 Å². The highest BCUT2D eigenvalue weighted by Crippen LogP contribution is 2.22. The Morgan fingerprint density at radius 2 is 2.11 bits per heavy atom. The number of hydrogen-bond donors (Lipinski definition) is 2. The van der Waals surface area contributed by atoms with Crippen molar-refractivity contribution in [3.05, 3.63) is 28.8 Å². The summed E-state index contributed by atoms with van der Waals surface area (Å²) in [6.07, 6.45) is 1.61. The Balaban J connectivity index is 2.85. The number of amides is 1. The smallest absolute Gasteiger partial charge is 0.241 e. The van der Waals surface area contributed by atoms with Crippen LogP contribution in [0.2, 0.25) is 5.02 Å². The number of carbonyl (C=O) groups is 1. The standard InChI is InChI=1S/C13H19ClN2O2S/c1-8(2)12(15)13(17)16-10-4-5-11(14)9(6-10)7-19(3)18/h4-6,8,12H,7,15H2,1-3H3,(H,16,17)/t12-,19?/m0/s1. The summed E-state index contributed by atoms with van der Waals surface area (Å²) >= 11 is 6.02. The van der Waals surface area contributed by atoms with Crippen molar-refractivity contribution in [2.45, 2.75) is 25.6 Å². The lowest BCUT2D eigenvalue weighted by molar-refractivity contribution is -0.118. The van der Waals surface area contributed by atoms with Crippen LogP contribution in [0.5, 0.6) is 0 Å². The summed E-state index contributed by atoms with van der Waals surface area (Å²) in [6, 6.07) is 4.56. The van der Waals surface area contributed by atoms with Gasteiger partial charge in [-0.3, -0.25) is 9.00 Å². The van der Waals surface area contributed by atoms with E-state index in [2.05, 4.69) is 5.32 Å². The number of nitrogens with two attached hydrogens (primary N) is 1. The highest BCUT2D eigenvalue weighted by molar-refractivity contribution is 7.83. The molecule has 0 aliphatic heterocycles. The molecule has 1 unspecified atom stereocenters. The highest BCUT2D eigenvalue weighted by Gasteiger charge is 2.17. The van der Waals surface area contributed by atoms with Crippen molar-refractivity contribution in [3.63, 3.8) is 0 Å². The summed E-state index contributed by atoms with van der Waals surface area (Å²) in [5, 5.41) is 3.29. The van der Waals surface area contributed by atoms with E-state index in [1.807, 2.05) is 13.8 Å². The van der Waals surface area contributed by atoms with Crippen molar-refractivity contribution in [2.75, 3.05) is 11.6 Å². The summed E-state index contributed by atoms with van der Waals surface area (Å²) < 4.78 is 11.2. The highest BCUT2D eigenvalue weighted by atomic mass is 35.5. The first kappa shape index (κ1) is 16.1. The zero-order valence-electron chi connectivity index (χ0n) is 11.3. The maximum atomic E-state index is 11.8. The molecule has 0 radical (unpaired) electrons. The predicted octanol–water partition coefficient (Wildman–Crippen LogP) is 2.14. The number of nitrogens with one attached hydrogen (secondary N) is 1. The van der Waals surface area contributed by atoms with E-state index in [0.29, 0.717) is 16.5 Å². The third kappa shape index (κ3) is 4.93. The average Bonchev–Trinajstić information content (AvgIpc) is 2.31. The molecule has 0 heterocycles. The molecule has 1 aromatic rings. The maximum Gasteiger partial charge on any atom is 0.241 e. The Bertz CT molecular complexity index is 492. The Labute approximate surface area is 121 Å². The van der Waals surface area contributed by atoms with Crippen LogP contribution in [0, 0.1) is 5.92 Å². The first-order valence-corrected chi connectivity index (χ1v) is 8.06. The summed E-state index contributed by atoms with van der Waals surface area (Å²) in [6.45, 7) is 3.77. The minimum absolute atomic E-state index is 0.0647. The Hall–Kier alpha value is -0.910. The van der Waals surface area contributed by atoms with Gasteiger partial charge >= 0.3 is 0 Å². The third-order valence-corrected chi connectivity index (χ3v) is 3.78. The fraction of sp³-hybridized carbons (Fsp3) is 0.462. The normalized spacial score (nSPS) is 14.2. The van der Waals surface area contributed by atoms with Gasteiger partial charge in [-0.25, -0.2) is 0 Å². The van der Waals surface area contributed by atoms with Crippen LogP contribution in [0.3, 0.4) is 0 Å². The van der Waals surface area contributed by atoms with Gasteiger partial charge in [0.2, 0.25) is 5.91 Å². The topological polar surface area (TPSA) is 72.2 Å². The second kappa shape index (κ2) is 7.03. The lowest BCUT2D eigenvalue weighted by Gasteiger charge is -2.16. The zero-order valence-corrected chi connectivity index (χ0v) is 12.8. The lowest BCUT2D eigenvalue weighted by atomic mass is 10.0. The van der Waals surface area contributed by atoms with Gasteiger partial charge in [0.25, 0.3) is 0 Å². The minimum Gasteiger partial charge on any atom is -0.325 e. The van der Waals surface area contributed by atoms with Crippen LogP contribution in [-0.2, 0) is 21.3 Å². The van der Waals surface area contributed by atoms with E-state index < -0.39 is 16.8 Å². The molecule has 0 aliphatic carbocycles. The lowest BCUT2D eigenvalue weighted by Crippen LogP contribution is -2.39. The molecule has 0 spiro atoms. The van der Waals surface area contributed by atoms with Crippen LogP contribution in [0.4, 0.5) is 5.69 Å². The van der Waals surface area contributed by atoms with Crippen LogP contribution >= 0.6 is 11.6 Å². The number of hydrogen-bond acceptors (Lipinski definition) is 3. The second-order valence-electron chi connectivity index (χ2n) is 4.78. The van der Waals surface area contributed by atoms with Crippen molar-refractivity contribution < 1.29 is 9.00 Å². The summed E-state index contributed by atoms with van der Waals surface area (Å²) in [5.74, 6) is 0.189. The van der Waals surface area contributed by atoms with E-state index in [4.69, 9.17) is 17.3 Å². The molecule has 0 bridgehead atoms. The monoisotopic (exact) mass is 302 g/mol. The second-order valence-corrected chi connectivity index (χ2v) is 6.63. The van der Waals surface area contributed by atoms with Crippen LogP contribution in [-0.4, -0.2) is 22.4 Å². The molecule has 19 heavy (non-hydrogen) atoms. The van der Waals surface area contributed by atoms with Gasteiger partial charge in [-0.1, -0.05) is 25.4 Å². The van der Waals surface area contributed by atoms with Crippen molar-refractivity contribution in [1.82, 2.24) is 0 Å². The predicted molar refractivity (Wildman–Crippen MR) is 80.7 cm³/mol. The van der Waals surface area contributed by atoms with Gasteiger partial charge in [-0.05, 0) is 29.7 Å². The van der Waals surface area contributed by atoms with E-state index in [1.54, 1.807) is 24.5 Å². The molecule has 6 heteroatoms. The summed E-state index contributed by atoms with van der Waals surface area (Å²) in [4.78, 5) is 11.8. The molecule has 0 fully saturated rings. The fourth-order valence-electron chi connectivity index (χ4n) is 1.51. The van der Waals surface area contributed by atoms with Crippen LogP contribution < -0.4 is 11.1 Å². The average molecular weight is 303 g/mol. The number of rotatable bonds is 5. The number of anilines is 1. The van der Waals surface area contributed by atoms with Gasteiger partial charge in [0, 0.05) is 33.5 Å². The number of halogens is 1. The van der Waals surface area contributed by atoms with Crippen molar-refractivity contribution in [3.8, 4) is 0 Å². The third-order valence-electron chi connectivity index (χ3n) is 2.69. The fourth-order valence-corrected chi connectivity index (χ4v) is 2.45. The molecule has 106 valence electrons. The molecule has 0 saturated heterocycles. The molecule has 0 aliphatic rings. The molecular weight excluding hydrogens is 284 g/mol. The summed E-state index contributed by atoms with van der Waals surface area (Å²) in [7, 11) is -0.986. The maximum absolute atomic E-state index is 11.8. The summed E-state index contributed by atoms with van der Waals surface area (Å²) in [5.41, 5.74) is 7.13. The Morgan fingerprint density at radius 1 is 1.47 bits per heavy atom. The quantitative estimate of drug-likeness (QED) is 0.875. The van der Waals surface area contributed by atoms with Gasteiger partial charge in [0.15, 0.2) is 0 Å². The van der Waals surface area contributed by atoms with Gasteiger partial charge in [0.1, 0.15) is 0 Å². The van der Waals surface area contributed by atoms with Gasteiger partial charge in [-0.2, -0.15) is 0 Å². The first-order chi connectivity index (χ1) is 8.81. The van der Waals surface area contributed by atoms with Gasteiger partial charge < -0.3 is 11.1 Å². The molecule has 0 saturated carbocycles. The largest absolute Gasteiger partial charge is 0.325 e. The molecule has 1 rings (SSSR count). The number of carbonyl (C=O) groups excluding carboxylic acids is 1. The first-order valence-electron chi connectivity index (χ1n) is 5.96.